The quantitative estimate of drug-likeness (QED) is 0.477. The molecule has 1 aliphatic carbocycles. The van der Waals surface area contributed by atoms with Crippen LogP contribution in [0.3, 0.4) is 0 Å². The third-order valence-corrected chi connectivity index (χ3v) is 1.94. The van der Waals surface area contributed by atoms with Gasteiger partial charge in [-0.1, -0.05) is 11.6 Å². The van der Waals surface area contributed by atoms with E-state index in [9.17, 15) is 18.0 Å². The van der Waals surface area contributed by atoms with Crippen LogP contribution in [0.15, 0.2) is 11.7 Å². The summed E-state index contributed by atoms with van der Waals surface area (Å²) < 4.78 is 41.4. The molecule has 0 radical (unpaired) electrons. The van der Waals surface area contributed by atoms with Gasteiger partial charge in [0.2, 0.25) is 0 Å². The summed E-state index contributed by atoms with van der Waals surface area (Å²) in [5.74, 6) is -6.45. The Bertz CT molecular complexity index is 262. The van der Waals surface area contributed by atoms with E-state index >= 15 is 0 Å². The van der Waals surface area contributed by atoms with Crippen LogP contribution in [0.25, 0.3) is 0 Å². The maximum absolute atomic E-state index is 12.7. The number of hydrogen-bond acceptors (Lipinski definition) is 2. The Morgan fingerprint density at radius 2 is 2.17 bits per heavy atom. The summed E-state index contributed by atoms with van der Waals surface area (Å²) >= 11 is 4.85. The first-order valence-corrected chi connectivity index (χ1v) is 3.32. The predicted octanol–water partition coefficient (Wildman–Crippen LogP) is 1.84. The number of ether oxygens (including phenoxy) is 1. The van der Waals surface area contributed by atoms with Crippen LogP contribution in [0.1, 0.15) is 0 Å². The molecule has 0 bridgehead atoms. The van der Waals surface area contributed by atoms with Gasteiger partial charge >= 0.3 is 5.97 Å². The highest BCUT2D eigenvalue weighted by Crippen LogP contribution is 2.52. The first-order valence-electron chi connectivity index (χ1n) is 2.94. The number of rotatable bonds is 1. The molecule has 0 spiro atoms. The minimum absolute atomic E-state index is 0.929. The molecular weight excluding hydrogens is 197 g/mol. The van der Waals surface area contributed by atoms with Crippen LogP contribution in [-0.2, 0) is 9.53 Å². The third kappa shape index (κ3) is 0.998. The lowest BCUT2D eigenvalue weighted by Crippen LogP contribution is -2.44. The smallest absolute Gasteiger partial charge is 0.320 e. The summed E-state index contributed by atoms with van der Waals surface area (Å²) in [6, 6.07) is 0. The predicted molar refractivity (Wildman–Crippen MR) is 34.4 cm³/mol. The van der Waals surface area contributed by atoms with Crippen molar-refractivity contribution >= 4 is 17.6 Å². The van der Waals surface area contributed by atoms with E-state index in [-0.39, 0.29) is 0 Å². The van der Waals surface area contributed by atoms with Gasteiger partial charge in [0, 0.05) is 0 Å². The second kappa shape index (κ2) is 2.65. The second-order valence-electron chi connectivity index (χ2n) is 2.24. The van der Waals surface area contributed by atoms with E-state index in [4.69, 9.17) is 11.6 Å². The highest BCUT2D eigenvalue weighted by Gasteiger charge is 2.61. The zero-order chi connectivity index (χ0) is 9.52. The third-order valence-electron chi connectivity index (χ3n) is 1.56. The lowest BCUT2D eigenvalue weighted by atomic mass is 9.89. The van der Waals surface area contributed by atoms with Crippen molar-refractivity contribution < 1.29 is 22.7 Å². The second-order valence-corrected chi connectivity index (χ2v) is 2.79. The molecule has 0 aromatic carbocycles. The van der Waals surface area contributed by atoms with Gasteiger partial charge in [0.15, 0.2) is 17.6 Å². The molecule has 0 N–H and O–H groups in total. The normalized spacial score (nSPS) is 34.6. The van der Waals surface area contributed by atoms with Crippen molar-refractivity contribution in [3.63, 3.8) is 0 Å². The molecule has 0 fully saturated rings. The molecule has 6 heteroatoms. The largest absolute Gasteiger partial charge is 0.468 e. The van der Waals surface area contributed by atoms with Crippen molar-refractivity contribution in [1.82, 2.24) is 0 Å². The Kier molecular flexibility index (Phi) is 2.07. The molecule has 0 aromatic rings. The van der Waals surface area contributed by atoms with Gasteiger partial charge in [-0.3, -0.25) is 4.79 Å². The number of halogens is 4. The van der Waals surface area contributed by atoms with Crippen molar-refractivity contribution in [1.29, 1.82) is 0 Å². The van der Waals surface area contributed by atoms with E-state index in [0.717, 1.165) is 7.11 Å². The topological polar surface area (TPSA) is 26.3 Å². The fourth-order valence-electron chi connectivity index (χ4n) is 0.863. The van der Waals surface area contributed by atoms with Gasteiger partial charge in [-0.05, 0) is 0 Å². The van der Waals surface area contributed by atoms with Crippen LogP contribution in [0.2, 0.25) is 0 Å². The molecule has 0 saturated heterocycles. The highest BCUT2D eigenvalue weighted by atomic mass is 35.5. The van der Waals surface area contributed by atoms with E-state index in [2.05, 4.69) is 4.74 Å². The molecule has 0 amide bonds. The van der Waals surface area contributed by atoms with E-state index in [1.165, 1.54) is 0 Å². The Labute approximate surface area is 70.9 Å². The monoisotopic (exact) mass is 200 g/mol. The average Bonchev–Trinajstić information content (AvgIpc) is 2.03. The number of carbonyl (C=O) groups excluding carboxylic acids is 1. The summed E-state index contributed by atoms with van der Waals surface area (Å²) in [4.78, 5) is 10.6. The summed E-state index contributed by atoms with van der Waals surface area (Å²) in [7, 11) is 0.929. The van der Waals surface area contributed by atoms with Crippen molar-refractivity contribution in [2.75, 3.05) is 7.11 Å². The number of allylic oxidation sites excluding steroid dienone is 1. The minimum atomic E-state index is -3.07. The highest BCUT2D eigenvalue weighted by molar-refractivity contribution is 6.27. The summed E-state index contributed by atoms with van der Waals surface area (Å²) in [6.45, 7) is 0. The van der Waals surface area contributed by atoms with Crippen LogP contribution in [0.4, 0.5) is 13.2 Å². The molecular formula is C6H4ClF3O2. The van der Waals surface area contributed by atoms with Gasteiger partial charge in [-0.2, -0.15) is 0 Å². The van der Waals surface area contributed by atoms with E-state index in [1.54, 1.807) is 0 Å². The molecule has 2 nitrogen and oxygen atoms in total. The lowest BCUT2D eigenvalue weighted by molar-refractivity contribution is -0.149. The summed E-state index contributed by atoms with van der Waals surface area (Å²) in [5, 5.41) is -3.07. The van der Waals surface area contributed by atoms with Gasteiger partial charge in [0.25, 0.3) is 5.13 Å². The van der Waals surface area contributed by atoms with E-state index < -0.39 is 28.7 Å². The SMILES string of the molecule is COC(=O)C1C(F)=C(F)C1(F)Cl. The summed E-state index contributed by atoms with van der Waals surface area (Å²) in [6.07, 6.45) is 0. The maximum Gasteiger partial charge on any atom is 0.320 e. The van der Waals surface area contributed by atoms with Crippen LogP contribution in [0.5, 0.6) is 0 Å². The van der Waals surface area contributed by atoms with Crippen molar-refractivity contribution in [2.24, 2.45) is 5.92 Å². The molecule has 0 aromatic heterocycles. The van der Waals surface area contributed by atoms with Gasteiger partial charge in [-0.25, -0.2) is 13.2 Å². The fourth-order valence-corrected chi connectivity index (χ4v) is 1.14. The number of alkyl halides is 2. The Hall–Kier alpha value is -0.710. The zero-order valence-corrected chi connectivity index (χ0v) is 6.66. The number of carbonyl (C=O) groups is 1. The molecule has 2 unspecified atom stereocenters. The number of hydrogen-bond donors (Lipinski definition) is 0. The van der Waals surface area contributed by atoms with Gasteiger partial charge in [0.1, 0.15) is 0 Å². The lowest BCUT2D eigenvalue weighted by Gasteiger charge is -2.31. The molecule has 0 saturated carbocycles. The molecule has 1 rings (SSSR count). The molecule has 12 heavy (non-hydrogen) atoms. The van der Waals surface area contributed by atoms with Crippen LogP contribution < -0.4 is 0 Å². The molecule has 0 aliphatic heterocycles. The van der Waals surface area contributed by atoms with E-state index in [1.807, 2.05) is 0 Å². The van der Waals surface area contributed by atoms with Crippen LogP contribution in [0, 0.1) is 5.92 Å². The van der Waals surface area contributed by atoms with Crippen molar-refractivity contribution in [3.8, 4) is 0 Å². The minimum Gasteiger partial charge on any atom is -0.468 e. The van der Waals surface area contributed by atoms with Crippen LogP contribution >= 0.6 is 11.6 Å². The molecule has 2 atom stereocenters. The molecule has 68 valence electrons. The Morgan fingerprint density at radius 3 is 2.50 bits per heavy atom. The van der Waals surface area contributed by atoms with Crippen LogP contribution in [-0.4, -0.2) is 18.2 Å². The Balaban J connectivity index is 2.92. The number of methoxy groups -OCH3 is 1. The van der Waals surface area contributed by atoms with Gasteiger partial charge in [-0.15, -0.1) is 0 Å². The first kappa shape index (κ1) is 9.38. The average molecular weight is 201 g/mol. The van der Waals surface area contributed by atoms with Gasteiger partial charge in [0.05, 0.1) is 7.11 Å². The standard InChI is InChI=1S/C6H4ClF3O2/c1-12-5(11)2-3(8)4(9)6(2,7)10/h2H,1H3. The van der Waals surface area contributed by atoms with Crippen molar-refractivity contribution in [2.45, 2.75) is 5.13 Å². The van der Waals surface area contributed by atoms with Gasteiger partial charge < -0.3 is 4.74 Å². The zero-order valence-electron chi connectivity index (χ0n) is 5.91. The molecule has 0 heterocycles. The molecule has 1 aliphatic rings. The first-order chi connectivity index (χ1) is 5.42. The maximum atomic E-state index is 12.7. The fraction of sp³-hybridized carbons (Fsp3) is 0.500. The van der Waals surface area contributed by atoms with Crippen molar-refractivity contribution in [3.05, 3.63) is 11.7 Å². The van der Waals surface area contributed by atoms with E-state index in [0.29, 0.717) is 0 Å². The Morgan fingerprint density at radius 1 is 1.67 bits per heavy atom. The number of esters is 1. The summed E-state index contributed by atoms with van der Waals surface area (Å²) in [5.41, 5.74) is 0.